The van der Waals surface area contributed by atoms with Gasteiger partial charge in [-0.15, -0.1) is 0 Å². The summed E-state index contributed by atoms with van der Waals surface area (Å²) >= 11 is 0. The van der Waals surface area contributed by atoms with Gasteiger partial charge in [0.05, 0.1) is 0 Å². The maximum atomic E-state index is 3.50. The summed E-state index contributed by atoms with van der Waals surface area (Å²) < 4.78 is 0. The third kappa shape index (κ3) is 11.9. The van der Waals surface area contributed by atoms with Crippen LogP contribution in [0.3, 0.4) is 0 Å². The summed E-state index contributed by atoms with van der Waals surface area (Å²) in [6, 6.07) is 0. The smallest absolute Gasteiger partial charge is 0.00489 e. The summed E-state index contributed by atoms with van der Waals surface area (Å²) in [5, 5.41) is 6.67. The van der Waals surface area contributed by atoms with Gasteiger partial charge in [0.2, 0.25) is 0 Å². The second-order valence-corrected chi connectivity index (χ2v) is 3.97. The van der Waals surface area contributed by atoms with Crippen LogP contribution in [0.15, 0.2) is 0 Å². The van der Waals surface area contributed by atoms with E-state index in [1.54, 1.807) is 0 Å². The molecule has 0 unspecified atom stereocenters. The molecule has 0 rings (SSSR count). The van der Waals surface area contributed by atoms with Crippen molar-refractivity contribution in [1.82, 2.24) is 10.6 Å². The van der Waals surface area contributed by atoms with Gasteiger partial charge in [0.15, 0.2) is 0 Å². The van der Waals surface area contributed by atoms with Gasteiger partial charge in [-0.1, -0.05) is 32.6 Å². The first-order valence-electron chi connectivity index (χ1n) is 6.27. The monoisotopic (exact) mass is 200 g/mol. The van der Waals surface area contributed by atoms with Crippen LogP contribution in [-0.2, 0) is 0 Å². The van der Waals surface area contributed by atoms with E-state index in [4.69, 9.17) is 0 Å². The lowest BCUT2D eigenvalue weighted by atomic mass is 10.2. The van der Waals surface area contributed by atoms with Crippen LogP contribution in [0.2, 0.25) is 0 Å². The fraction of sp³-hybridized carbons (Fsp3) is 1.00. The van der Waals surface area contributed by atoms with Gasteiger partial charge in [-0.25, -0.2) is 0 Å². The average Bonchev–Trinajstić information content (AvgIpc) is 2.21. The highest BCUT2D eigenvalue weighted by Crippen LogP contribution is 1.97. The predicted molar refractivity (Wildman–Crippen MR) is 64.8 cm³/mol. The zero-order chi connectivity index (χ0) is 10.5. The normalized spacial score (nSPS) is 10.7. The molecule has 0 aromatic rings. The molecular weight excluding hydrogens is 172 g/mol. The maximum absolute atomic E-state index is 3.50. The predicted octanol–water partition coefficient (Wildman–Crippen LogP) is 2.55. The van der Waals surface area contributed by atoms with Crippen LogP contribution < -0.4 is 10.6 Å². The highest BCUT2D eigenvalue weighted by Gasteiger charge is 1.90. The van der Waals surface area contributed by atoms with Crippen molar-refractivity contribution in [3.63, 3.8) is 0 Å². The molecule has 0 fully saturated rings. The van der Waals surface area contributed by atoms with Gasteiger partial charge in [-0.2, -0.15) is 0 Å². The van der Waals surface area contributed by atoms with E-state index in [1.807, 2.05) is 7.05 Å². The lowest BCUT2D eigenvalue weighted by Gasteiger charge is -2.04. The molecule has 0 aliphatic rings. The Hall–Kier alpha value is -0.0800. The van der Waals surface area contributed by atoms with Crippen molar-refractivity contribution in [3.8, 4) is 0 Å². The standard InChI is InChI=1S/C12H28N2/c1-3-4-7-11-14-12-9-6-5-8-10-13-2/h13-14H,3-12H2,1-2H3. The van der Waals surface area contributed by atoms with Gasteiger partial charge in [0.1, 0.15) is 0 Å². The summed E-state index contributed by atoms with van der Waals surface area (Å²) in [4.78, 5) is 0. The first-order valence-corrected chi connectivity index (χ1v) is 6.27. The molecule has 0 saturated heterocycles. The molecule has 0 aromatic heterocycles. The van der Waals surface area contributed by atoms with E-state index in [2.05, 4.69) is 17.6 Å². The number of hydrogen-bond acceptors (Lipinski definition) is 2. The summed E-state index contributed by atoms with van der Waals surface area (Å²) in [5.41, 5.74) is 0. The van der Waals surface area contributed by atoms with Gasteiger partial charge < -0.3 is 10.6 Å². The van der Waals surface area contributed by atoms with Crippen LogP contribution in [0.25, 0.3) is 0 Å². The highest BCUT2D eigenvalue weighted by molar-refractivity contribution is 4.50. The molecule has 0 aliphatic carbocycles. The van der Waals surface area contributed by atoms with E-state index in [9.17, 15) is 0 Å². The lowest BCUT2D eigenvalue weighted by molar-refractivity contribution is 0.561. The highest BCUT2D eigenvalue weighted by atomic mass is 14.8. The molecule has 0 amide bonds. The van der Waals surface area contributed by atoms with E-state index in [0.29, 0.717) is 0 Å². The molecule has 0 aliphatic heterocycles. The Morgan fingerprint density at radius 3 is 1.86 bits per heavy atom. The van der Waals surface area contributed by atoms with Gasteiger partial charge >= 0.3 is 0 Å². The maximum Gasteiger partial charge on any atom is -0.00489 e. The molecule has 2 N–H and O–H groups in total. The van der Waals surface area contributed by atoms with E-state index < -0.39 is 0 Å². The minimum atomic E-state index is 1.17. The molecule has 14 heavy (non-hydrogen) atoms. The topological polar surface area (TPSA) is 24.1 Å². The Bertz CT molecular complexity index is 82.3. The second-order valence-electron chi connectivity index (χ2n) is 3.97. The molecule has 2 nitrogen and oxygen atoms in total. The van der Waals surface area contributed by atoms with Crippen LogP contribution in [0.1, 0.15) is 51.9 Å². The first-order chi connectivity index (χ1) is 6.91. The van der Waals surface area contributed by atoms with Crippen LogP contribution in [0.5, 0.6) is 0 Å². The minimum Gasteiger partial charge on any atom is -0.320 e. The van der Waals surface area contributed by atoms with Crippen molar-refractivity contribution in [2.24, 2.45) is 0 Å². The minimum absolute atomic E-state index is 1.17. The van der Waals surface area contributed by atoms with Crippen LogP contribution in [-0.4, -0.2) is 26.7 Å². The fourth-order valence-electron chi connectivity index (χ4n) is 1.53. The van der Waals surface area contributed by atoms with E-state index in [-0.39, 0.29) is 0 Å². The van der Waals surface area contributed by atoms with Crippen molar-refractivity contribution in [1.29, 1.82) is 0 Å². The second kappa shape index (κ2) is 12.9. The first kappa shape index (κ1) is 13.9. The Labute approximate surface area is 89.9 Å². The Morgan fingerprint density at radius 2 is 1.29 bits per heavy atom. The Morgan fingerprint density at radius 1 is 0.714 bits per heavy atom. The quantitative estimate of drug-likeness (QED) is 0.501. The van der Waals surface area contributed by atoms with Crippen molar-refractivity contribution >= 4 is 0 Å². The molecule has 2 heteroatoms. The largest absolute Gasteiger partial charge is 0.320 e. The Balaban J connectivity index is 2.78. The summed E-state index contributed by atoms with van der Waals surface area (Å²) in [6.45, 7) is 5.85. The molecule has 86 valence electrons. The lowest BCUT2D eigenvalue weighted by Crippen LogP contribution is -2.16. The molecule has 0 spiro atoms. The third-order valence-electron chi connectivity index (χ3n) is 2.49. The number of unbranched alkanes of at least 4 members (excludes halogenated alkanes) is 5. The zero-order valence-electron chi connectivity index (χ0n) is 10.1. The zero-order valence-corrected chi connectivity index (χ0v) is 10.1. The van der Waals surface area contributed by atoms with Crippen molar-refractivity contribution in [2.75, 3.05) is 26.7 Å². The Kier molecular flexibility index (Phi) is 12.8. The SMILES string of the molecule is CCCCCNCCCCCCNC. The van der Waals surface area contributed by atoms with Gasteiger partial charge in [-0.3, -0.25) is 0 Å². The number of rotatable bonds is 11. The molecule has 0 saturated carbocycles. The molecule has 0 heterocycles. The summed E-state index contributed by atoms with van der Waals surface area (Å²) in [5.74, 6) is 0. The molecule has 0 bridgehead atoms. The summed E-state index contributed by atoms with van der Waals surface area (Å²) in [7, 11) is 2.02. The van der Waals surface area contributed by atoms with Crippen molar-refractivity contribution < 1.29 is 0 Å². The van der Waals surface area contributed by atoms with E-state index >= 15 is 0 Å². The molecule has 0 atom stereocenters. The average molecular weight is 200 g/mol. The van der Waals surface area contributed by atoms with Gasteiger partial charge in [-0.05, 0) is 45.9 Å². The summed E-state index contributed by atoms with van der Waals surface area (Å²) in [6.07, 6.45) is 9.46. The van der Waals surface area contributed by atoms with E-state index in [1.165, 1.54) is 64.6 Å². The number of hydrogen-bond donors (Lipinski definition) is 2. The fourth-order valence-corrected chi connectivity index (χ4v) is 1.53. The van der Waals surface area contributed by atoms with Crippen LogP contribution in [0.4, 0.5) is 0 Å². The van der Waals surface area contributed by atoms with Gasteiger partial charge in [0, 0.05) is 0 Å². The molecular formula is C12H28N2. The van der Waals surface area contributed by atoms with Crippen LogP contribution in [0, 0.1) is 0 Å². The molecule has 0 aromatic carbocycles. The van der Waals surface area contributed by atoms with Crippen LogP contribution >= 0.6 is 0 Å². The van der Waals surface area contributed by atoms with Gasteiger partial charge in [0.25, 0.3) is 0 Å². The number of nitrogens with one attached hydrogen (secondary N) is 2. The van der Waals surface area contributed by atoms with Crippen molar-refractivity contribution in [2.45, 2.75) is 51.9 Å². The third-order valence-corrected chi connectivity index (χ3v) is 2.49. The molecule has 0 radical (unpaired) electrons. The van der Waals surface area contributed by atoms with Crippen molar-refractivity contribution in [3.05, 3.63) is 0 Å². The van der Waals surface area contributed by atoms with E-state index in [0.717, 1.165) is 0 Å².